The average Bonchev–Trinajstić information content (AvgIpc) is 2.70. The maximum absolute atomic E-state index is 12.3. The molecule has 2 N–H and O–H groups in total. The second kappa shape index (κ2) is 8.51. The summed E-state index contributed by atoms with van der Waals surface area (Å²) in [5.74, 6) is 0.930. The molecule has 6 nitrogen and oxygen atoms in total. The van der Waals surface area contributed by atoms with Crippen LogP contribution in [0.2, 0.25) is 5.02 Å². The van der Waals surface area contributed by atoms with Gasteiger partial charge in [-0.05, 0) is 42.3 Å². The van der Waals surface area contributed by atoms with Gasteiger partial charge in [0.25, 0.3) is 5.91 Å². The largest absolute Gasteiger partial charge is 0.497 e. The van der Waals surface area contributed by atoms with E-state index in [0.717, 1.165) is 22.6 Å². The molecule has 3 rings (SSSR count). The van der Waals surface area contributed by atoms with Crippen LogP contribution < -0.4 is 15.4 Å². The van der Waals surface area contributed by atoms with E-state index in [-0.39, 0.29) is 5.91 Å². The predicted octanol–water partition coefficient (Wildman–Crippen LogP) is 4.12. The van der Waals surface area contributed by atoms with Crippen LogP contribution in [-0.4, -0.2) is 23.0 Å². The highest BCUT2D eigenvalue weighted by Crippen LogP contribution is 2.24. The van der Waals surface area contributed by atoms with Crippen molar-refractivity contribution in [1.82, 2.24) is 15.3 Å². The molecule has 0 fully saturated rings. The molecule has 0 atom stereocenters. The predicted molar refractivity (Wildman–Crippen MR) is 106 cm³/mol. The molecule has 2 aromatic carbocycles. The minimum atomic E-state index is -0.240. The van der Waals surface area contributed by atoms with Crippen molar-refractivity contribution >= 4 is 29.1 Å². The van der Waals surface area contributed by atoms with E-state index in [2.05, 4.69) is 20.6 Å². The maximum atomic E-state index is 12.3. The number of anilines is 2. The molecule has 0 saturated carbocycles. The smallest absolute Gasteiger partial charge is 0.254 e. The molecule has 0 spiro atoms. The van der Waals surface area contributed by atoms with E-state index in [1.54, 1.807) is 7.11 Å². The summed E-state index contributed by atoms with van der Waals surface area (Å²) in [5.41, 5.74) is 3.08. The fourth-order valence-electron chi connectivity index (χ4n) is 2.40. The number of methoxy groups -OCH3 is 1. The van der Waals surface area contributed by atoms with Gasteiger partial charge in [-0.25, -0.2) is 9.97 Å². The van der Waals surface area contributed by atoms with E-state index in [1.165, 1.54) is 12.4 Å². The lowest BCUT2D eigenvalue weighted by Gasteiger charge is -2.10. The van der Waals surface area contributed by atoms with Gasteiger partial charge in [0.15, 0.2) is 0 Å². The van der Waals surface area contributed by atoms with Crippen molar-refractivity contribution in [3.63, 3.8) is 0 Å². The van der Waals surface area contributed by atoms with Gasteiger partial charge in [0.1, 0.15) is 5.75 Å². The van der Waals surface area contributed by atoms with Crippen molar-refractivity contribution in [2.24, 2.45) is 0 Å². The maximum Gasteiger partial charge on any atom is 0.254 e. The lowest BCUT2D eigenvalue weighted by Crippen LogP contribution is -2.23. The highest BCUT2D eigenvalue weighted by molar-refractivity contribution is 6.31. The number of ether oxygens (including phenoxy) is 1. The molecular formula is C20H19ClN4O2. The average molecular weight is 383 g/mol. The van der Waals surface area contributed by atoms with Gasteiger partial charge in [-0.15, -0.1) is 0 Å². The van der Waals surface area contributed by atoms with E-state index in [9.17, 15) is 4.79 Å². The van der Waals surface area contributed by atoms with E-state index in [1.807, 2.05) is 49.4 Å². The van der Waals surface area contributed by atoms with Crippen molar-refractivity contribution in [3.05, 3.63) is 76.6 Å². The standard InChI is InChI=1S/C20H19ClN4O2/c1-13-17(21)4-3-5-18(13)25-20-23-11-15(12-24-20)19(26)22-10-14-6-8-16(27-2)9-7-14/h3-9,11-12H,10H2,1-2H3,(H,22,26)(H,23,24,25). The molecule has 0 aliphatic heterocycles. The Kier molecular flexibility index (Phi) is 5.88. The summed E-state index contributed by atoms with van der Waals surface area (Å²) in [6.07, 6.45) is 2.97. The monoisotopic (exact) mass is 382 g/mol. The lowest BCUT2D eigenvalue weighted by atomic mass is 10.2. The molecule has 0 unspecified atom stereocenters. The molecule has 0 aliphatic carbocycles. The van der Waals surface area contributed by atoms with Gasteiger partial charge in [-0.1, -0.05) is 29.8 Å². The third-order valence-corrected chi connectivity index (χ3v) is 4.45. The highest BCUT2D eigenvalue weighted by atomic mass is 35.5. The summed E-state index contributed by atoms with van der Waals surface area (Å²) < 4.78 is 5.11. The molecule has 138 valence electrons. The summed E-state index contributed by atoms with van der Waals surface area (Å²) in [6, 6.07) is 13.1. The first-order valence-corrected chi connectivity index (χ1v) is 8.70. The second-order valence-corrected chi connectivity index (χ2v) is 6.27. The number of carbonyl (C=O) groups is 1. The fourth-order valence-corrected chi connectivity index (χ4v) is 2.58. The number of halogens is 1. The molecule has 7 heteroatoms. The molecule has 3 aromatic rings. The van der Waals surface area contributed by atoms with Crippen LogP contribution in [0.3, 0.4) is 0 Å². The molecule has 0 saturated heterocycles. The number of benzene rings is 2. The number of amides is 1. The number of nitrogens with zero attached hydrogens (tertiary/aromatic N) is 2. The second-order valence-electron chi connectivity index (χ2n) is 5.86. The van der Waals surface area contributed by atoms with Crippen LogP contribution in [0.5, 0.6) is 5.75 Å². The number of aromatic nitrogens is 2. The third-order valence-electron chi connectivity index (χ3n) is 4.04. The molecular weight excluding hydrogens is 364 g/mol. The SMILES string of the molecule is COc1ccc(CNC(=O)c2cnc(Nc3cccc(Cl)c3C)nc2)cc1. The number of rotatable bonds is 6. The first kappa shape index (κ1) is 18.7. The highest BCUT2D eigenvalue weighted by Gasteiger charge is 2.08. The van der Waals surface area contributed by atoms with Crippen molar-refractivity contribution in [3.8, 4) is 5.75 Å². The van der Waals surface area contributed by atoms with Gasteiger partial charge in [-0.3, -0.25) is 4.79 Å². The first-order chi connectivity index (χ1) is 13.1. The number of hydrogen-bond acceptors (Lipinski definition) is 5. The van der Waals surface area contributed by atoms with Crippen LogP contribution in [0.25, 0.3) is 0 Å². The quantitative estimate of drug-likeness (QED) is 0.670. The van der Waals surface area contributed by atoms with Crippen LogP contribution in [0.15, 0.2) is 54.9 Å². The number of hydrogen-bond donors (Lipinski definition) is 2. The number of nitrogens with one attached hydrogen (secondary N) is 2. The van der Waals surface area contributed by atoms with E-state index < -0.39 is 0 Å². The van der Waals surface area contributed by atoms with Gasteiger partial charge in [-0.2, -0.15) is 0 Å². The Morgan fingerprint density at radius 3 is 2.48 bits per heavy atom. The summed E-state index contributed by atoms with van der Waals surface area (Å²) in [4.78, 5) is 20.7. The van der Waals surface area contributed by atoms with Crippen LogP contribution in [0, 0.1) is 6.92 Å². The minimum Gasteiger partial charge on any atom is -0.497 e. The molecule has 0 aliphatic rings. The Balaban J connectivity index is 1.60. The van der Waals surface area contributed by atoms with Gasteiger partial charge in [0, 0.05) is 29.6 Å². The van der Waals surface area contributed by atoms with Crippen molar-refractivity contribution in [2.45, 2.75) is 13.5 Å². The van der Waals surface area contributed by atoms with Crippen LogP contribution >= 0.6 is 11.6 Å². The molecule has 0 radical (unpaired) electrons. The van der Waals surface area contributed by atoms with Gasteiger partial charge < -0.3 is 15.4 Å². The Hall–Kier alpha value is -3.12. The van der Waals surface area contributed by atoms with Gasteiger partial charge in [0.2, 0.25) is 5.95 Å². The van der Waals surface area contributed by atoms with Crippen LogP contribution in [0.1, 0.15) is 21.5 Å². The van der Waals surface area contributed by atoms with Crippen molar-refractivity contribution < 1.29 is 9.53 Å². The molecule has 27 heavy (non-hydrogen) atoms. The Bertz CT molecular complexity index is 928. The zero-order chi connectivity index (χ0) is 19.2. The van der Waals surface area contributed by atoms with Crippen LogP contribution in [-0.2, 0) is 6.54 Å². The molecule has 1 heterocycles. The third kappa shape index (κ3) is 4.74. The van der Waals surface area contributed by atoms with E-state index in [4.69, 9.17) is 16.3 Å². The van der Waals surface area contributed by atoms with Crippen LogP contribution in [0.4, 0.5) is 11.6 Å². The van der Waals surface area contributed by atoms with Crippen molar-refractivity contribution in [2.75, 3.05) is 12.4 Å². The summed E-state index contributed by atoms with van der Waals surface area (Å²) in [6.45, 7) is 2.32. The number of carbonyl (C=O) groups excluding carboxylic acids is 1. The molecule has 1 aromatic heterocycles. The Morgan fingerprint density at radius 2 is 1.81 bits per heavy atom. The van der Waals surface area contributed by atoms with Gasteiger partial charge >= 0.3 is 0 Å². The van der Waals surface area contributed by atoms with Crippen molar-refractivity contribution in [1.29, 1.82) is 0 Å². The normalized spacial score (nSPS) is 10.3. The summed E-state index contributed by atoms with van der Waals surface area (Å²) >= 11 is 6.11. The fraction of sp³-hybridized carbons (Fsp3) is 0.150. The lowest BCUT2D eigenvalue weighted by molar-refractivity contribution is 0.0950. The molecule has 1 amide bonds. The topological polar surface area (TPSA) is 76.1 Å². The first-order valence-electron chi connectivity index (χ1n) is 8.32. The summed E-state index contributed by atoms with van der Waals surface area (Å²) in [7, 11) is 1.61. The summed E-state index contributed by atoms with van der Waals surface area (Å²) in [5, 5.41) is 6.60. The van der Waals surface area contributed by atoms with E-state index in [0.29, 0.717) is 23.1 Å². The van der Waals surface area contributed by atoms with Gasteiger partial charge in [0.05, 0.1) is 12.7 Å². The Labute approximate surface area is 162 Å². The zero-order valence-corrected chi connectivity index (χ0v) is 15.7. The minimum absolute atomic E-state index is 0.240. The Morgan fingerprint density at radius 1 is 1.11 bits per heavy atom. The van der Waals surface area contributed by atoms with E-state index >= 15 is 0 Å². The molecule has 0 bridgehead atoms. The zero-order valence-electron chi connectivity index (χ0n) is 15.0.